The fourth-order valence-electron chi connectivity index (χ4n) is 2.40. The topological polar surface area (TPSA) is 75.6 Å². The highest BCUT2D eigenvalue weighted by Crippen LogP contribution is 2.14. The molecule has 0 aliphatic rings. The highest BCUT2D eigenvalue weighted by Gasteiger charge is 2.12. The average molecular weight is 327 g/mol. The summed E-state index contributed by atoms with van der Waals surface area (Å²) >= 11 is 0. The van der Waals surface area contributed by atoms with Crippen LogP contribution in [0.4, 0.5) is 0 Å². The largest absolute Gasteiger partial charge is 0.482 e. The summed E-state index contributed by atoms with van der Waals surface area (Å²) in [6.07, 6.45) is 0.744. The molecule has 0 saturated heterocycles. The molecule has 0 aromatic heterocycles. The number of hydrogen-bond donors (Lipinski definition) is 2. The number of aryl methyl sites for hydroxylation is 1. The fraction of sp³-hybridized carbons (Fsp3) is 0.263. The molecule has 0 aliphatic heterocycles. The summed E-state index contributed by atoms with van der Waals surface area (Å²) in [6, 6.07) is 14.6. The van der Waals surface area contributed by atoms with Crippen LogP contribution in [0, 0.1) is 6.92 Å². The van der Waals surface area contributed by atoms with Crippen LogP contribution in [0.2, 0.25) is 0 Å². The maximum atomic E-state index is 12.3. The minimum atomic E-state index is -1.06. The number of ether oxygens (including phenoxy) is 1. The summed E-state index contributed by atoms with van der Waals surface area (Å²) in [5, 5.41) is 11.6. The monoisotopic (exact) mass is 327 g/mol. The van der Waals surface area contributed by atoms with Crippen LogP contribution in [0.3, 0.4) is 0 Å². The number of benzene rings is 2. The van der Waals surface area contributed by atoms with Crippen LogP contribution in [0.5, 0.6) is 5.75 Å². The molecule has 24 heavy (non-hydrogen) atoms. The molecule has 1 unspecified atom stereocenters. The van der Waals surface area contributed by atoms with E-state index in [1.54, 1.807) is 24.3 Å². The Kier molecular flexibility index (Phi) is 5.95. The highest BCUT2D eigenvalue weighted by molar-refractivity contribution is 5.94. The van der Waals surface area contributed by atoms with E-state index in [-0.39, 0.29) is 11.9 Å². The molecule has 1 amide bonds. The summed E-state index contributed by atoms with van der Waals surface area (Å²) < 4.78 is 5.10. The molecular weight excluding hydrogens is 306 g/mol. The van der Waals surface area contributed by atoms with E-state index in [0.717, 1.165) is 6.42 Å². The zero-order valence-corrected chi connectivity index (χ0v) is 13.8. The lowest BCUT2D eigenvalue weighted by Gasteiger charge is -2.15. The number of hydrogen-bond acceptors (Lipinski definition) is 3. The zero-order valence-electron chi connectivity index (χ0n) is 13.8. The number of aliphatic carboxylic acids is 1. The SMILES string of the molecule is Cc1ccccc1CC(C)NC(=O)c1cccc(OCC(=O)O)c1. The molecule has 2 N–H and O–H groups in total. The Morgan fingerprint density at radius 3 is 2.62 bits per heavy atom. The molecule has 1 atom stereocenters. The van der Waals surface area contributed by atoms with Crippen molar-refractivity contribution in [3.8, 4) is 5.75 Å². The molecule has 2 aromatic rings. The number of carboxylic acids is 1. The molecule has 0 saturated carbocycles. The van der Waals surface area contributed by atoms with Crippen molar-refractivity contribution in [1.29, 1.82) is 0 Å². The van der Waals surface area contributed by atoms with Crippen molar-refractivity contribution in [3.05, 3.63) is 65.2 Å². The van der Waals surface area contributed by atoms with Gasteiger partial charge in [-0.15, -0.1) is 0 Å². The number of rotatable bonds is 7. The van der Waals surface area contributed by atoms with E-state index in [1.165, 1.54) is 11.1 Å². The third kappa shape index (κ3) is 5.12. The minimum absolute atomic E-state index is 0.0257. The van der Waals surface area contributed by atoms with Crippen LogP contribution in [-0.4, -0.2) is 29.6 Å². The van der Waals surface area contributed by atoms with Crippen LogP contribution < -0.4 is 10.1 Å². The van der Waals surface area contributed by atoms with Crippen molar-refractivity contribution >= 4 is 11.9 Å². The van der Waals surface area contributed by atoms with E-state index >= 15 is 0 Å². The Balaban J connectivity index is 1.97. The maximum Gasteiger partial charge on any atom is 0.341 e. The van der Waals surface area contributed by atoms with Gasteiger partial charge in [-0.05, 0) is 49.6 Å². The zero-order chi connectivity index (χ0) is 17.5. The normalized spacial score (nSPS) is 11.6. The minimum Gasteiger partial charge on any atom is -0.482 e. The van der Waals surface area contributed by atoms with Gasteiger partial charge in [-0.3, -0.25) is 4.79 Å². The first-order chi connectivity index (χ1) is 11.5. The van der Waals surface area contributed by atoms with Gasteiger partial charge in [-0.25, -0.2) is 4.79 Å². The van der Waals surface area contributed by atoms with Crippen molar-refractivity contribution in [2.24, 2.45) is 0 Å². The van der Waals surface area contributed by atoms with Gasteiger partial charge in [-0.2, -0.15) is 0 Å². The Bertz CT molecular complexity index is 727. The predicted molar refractivity (Wildman–Crippen MR) is 91.4 cm³/mol. The standard InChI is InChI=1S/C19H21NO4/c1-13-6-3-4-7-15(13)10-14(2)20-19(23)16-8-5-9-17(11-16)24-12-18(21)22/h3-9,11,14H,10,12H2,1-2H3,(H,20,23)(H,21,22). The van der Waals surface area contributed by atoms with Crippen molar-refractivity contribution in [2.45, 2.75) is 26.3 Å². The molecule has 126 valence electrons. The first-order valence-electron chi connectivity index (χ1n) is 7.75. The van der Waals surface area contributed by atoms with Crippen molar-refractivity contribution < 1.29 is 19.4 Å². The molecular formula is C19H21NO4. The van der Waals surface area contributed by atoms with Crippen molar-refractivity contribution in [3.63, 3.8) is 0 Å². The van der Waals surface area contributed by atoms with Crippen LogP contribution in [0.1, 0.15) is 28.4 Å². The van der Waals surface area contributed by atoms with Gasteiger partial charge in [0.05, 0.1) is 0 Å². The van der Waals surface area contributed by atoms with E-state index in [4.69, 9.17) is 9.84 Å². The molecule has 0 bridgehead atoms. The Labute approximate surface area is 141 Å². The number of carbonyl (C=O) groups is 2. The summed E-state index contributed by atoms with van der Waals surface area (Å²) in [4.78, 5) is 22.9. The van der Waals surface area contributed by atoms with Gasteiger partial charge in [0.2, 0.25) is 0 Å². The fourth-order valence-corrected chi connectivity index (χ4v) is 2.40. The second-order valence-electron chi connectivity index (χ2n) is 5.72. The molecule has 2 rings (SSSR count). The second kappa shape index (κ2) is 8.15. The predicted octanol–water partition coefficient (Wildman–Crippen LogP) is 2.82. The molecule has 2 aromatic carbocycles. The van der Waals surface area contributed by atoms with E-state index in [9.17, 15) is 9.59 Å². The van der Waals surface area contributed by atoms with Gasteiger partial charge in [0.15, 0.2) is 6.61 Å². The van der Waals surface area contributed by atoms with E-state index in [2.05, 4.69) is 11.4 Å². The Hall–Kier alpha value is -2.82. The lowest BCUT2D eigenvalue weighted by atomic mass is 10.0. The third-order valence-electron chi connectivity index (χ3n) is 3.62. The lowest BCUT2D eigenvalue weighted by molar-refractivity contribution is -0.139. The molecule has 5 nitrogen and oxygen atoms in total. The summed E-state index contributed by atoms with van der Waals surface area (Å²) in [7, 11) is 0. The first kappa shape index (κ1) is 17.5. The second-order valence-corrected chi connectivity index (χ2v) is 5.72. The maximum absolute atomic E-state index is 12.3. The van der Waals surface area contributed by atoms with E-state index in [1.807, 2.05) is 32.0 Å². The number of amides is 1. The average Bonchev–Trinajstić information content (AvgIpc) is 2.55. The third-order valence-corrected chi connectivity index (χ3v) is 3.62. The summed E-state index contributed by atoms with van der Waals surface area (Å²) in [5.74, 6) is -0.912. The van der Waals surface area contributed by atoms with E-state index in [0.29, 0.717) is 11.3 Å². The Morgan fingerprint density at radius 1 is 1.17 bits per heavy atom. The van der Waals surface area contributed by atoms with Crippen molar-refractivity contribution in [2.75, 3.05) is 6.61 Å². The number of carboxylic acid groups (broad SMARTS) is 1. The van der Waals surface area contributed by atoms with Crippen LogP contribution in [0.15, 0.2) is 48.5 Å². The van der Waals surface area contributed by atoms with Gasteiger partial charge in [0.1, 0.15) is 5.75 Å². The van der Waals surface area contributed by atoms with Gasteiger partial charge < -0.3 is 15.2 Å². The van der Waals surface area contributed by atoms with Gasteiger partial charge in [-0.1, -0.05) is 30.3 Å². The van der Waals surface area contributed by atoms with Gasteiger partial charge >= 0.3 is 5.97 Å². The molecule has 5 heteroatoms. The van der Waals surface area contributed by atoms with Crippen molar-refractivity contribution in [1.82, 2.24) is 5.32 Å². The van der Waals surface area contributed by atoms with Gasteiger partial charge in [0, 0.05) is 11.6 Å². The lowest BCUT2D eigenvalue weighted by Crippen LogP contribution is -2.34. The number of carbonyl (C=O) groups excluding carboxylic acids is 1. The number of nitrogens with one attached hydrogen (secondary N) is 1. The van der Waals surface area contributed by atoms with Crippen LogP contribution >= 0.6 is 0 Å². The summed E-state index contributed by atoms with van der Waals surface area (Å²) in [5.41, 5.74) is 2.83. The Morgan fingerprint density at radius 2 is 1.92 bits per heavy atom. The molecule has 0 aliphatic carbocycles. The van der Waals surface area contributed by atoms with Gasteiger partial charge in [0.25, 0.3) is 5.91 Å². The molecule has 0 fully saturated rings. The highest BCUT2D eigenvalue weighted by atomic mass is 16.5. The first-order valence-corrected chi connectivity index (χ1v) is 7.75. The van der Waals surface area contributed by atoms with E-state index < -0.39 is 12.6 Å². The summed E-state index contributed by atoms with van der Waals surface area (Å²) in [6.45, 7) is 3.57. The van der Waals surface area contributed by atoms with Crippen LogP contribution in [0.25, 0.3) is 0 Å². The molecule has 0 spiro atoms. The smallest absolute Gasteiger partial charge is 0.341 e. The van der Waals surface area contributed by atoms with Crippen LogP contribution in [-0.2, 0) is 11.2 Å². The molecule has 0 heterocycles. The molecule has 0 radical (unpaired) electrons. The quantitative estimate of drug-likeness (QED) is 0.820.